The minimum atomic E-state index is 0.450. The summed E-state index contributed by atoms with van der Waals surface area (Å²) in [6, 6.07) is 59.7. The Labute approximate surface area is 310 Å². The van der Waals surface area contributed by atoms with Crippen molar-refractivity contribution in [2.24, 2.45) is 11.8 Å². The second kappa shape index (κ2) is 12.8. The van der Waals surface area contributed by atoms with Crippen LogP contribution in [0.2, 0.25) is 0 Å². The molecule has 10 rings (SSSR count). The highest BCUT2D eigenvalue weighted by molar-refractivity contribution is 6.19. The maximum Gasteiger partial charge on any atom is 0.0620 e. The number of hydrogen-bond acceptors (Lipinski definition) is 1. The van der Waals surface area contributed by atoms with Crippen LogP contribution < -0.4 is 4.90 Å². The van der Waals surface area contributed by atoms with Crippen LogP contribution in [-0.4, -0.2) is 4.57 Å². The molecule has 0 aliphatic heterocycles. The van der Waals surface area contributed by atoms with Gasteiger partial charge in [0, 0.05) is 44.8 Å². The summed E-state index contributed by atoms with van der Waals surface area (Å²) in [5, 5.41) is 4.95. The molecule has 0 saturated heterocycles. The molecule has 2 heteroatoms. The lowest BCUT2D eigenvalue weighted by molar-refractivity contribution is 0.585. The van der Waals surface area contributed by atoms with E-state index < -0.39 is 0 Å². The highest BCUT2D eigenvalue weighted by Crippen LogP contribution is 2.42. The first-order valence-electron chi connectivity index (χ1n) is 18.6. The lowest BCUT2D eigenvalue weighted by atomic mass is 9.77. The Hall–Kier alpha value is -6.64. The molecule has 0 radical (unpaired) electrons. The predicted octanol–water partition coefficient (Wildman–Crippen LogP) is 13.8. The third kappa shape index (κ3) is 5.43. The van der Waals surface area contributed by atoms with Gasteiger partial charge in [0.05, 0.1) is 11.0 Å². The number of allylic oxidation sites excluding steroid dienone is 8. The lowest BCUT2D eigenvalue weighted by Gasteiger charge is -2.28. The Kier molecular flexibility index (Phi) is 7.54. The molecule has 8 aromatic rings. The van der Waals surface area contributed by atoms with E-state index in [9.17, 15) is 0 Å². The van der Waals surface area contributed by atoms with E-state index in [0.29, 0.717) is 11.8 Å². The molecule has 0 bridgehead atoms. The summed E-state index contributed by atoms with van der Waals surface area (Å²) in [7, 11) is 0. The minimum Gasteiger partial charge on any atom is -0.310 e. The molecule has 1 heterocycles. The van der Waals surface area contributed by atoms with Gasteiger partial charge in [0.15, 0.2) is 0 Å². The van der Waals surface area contributed by atoms with Crippen LogP contribution in [0.3, 0.4) is 0 Å². The molecule has 2 aliphatic carbocycles. The van der Waals surface area contributed by atoms with Crippen molar-refractivity contribution in [3.63, 3.8) is 0 Å². The van der Waals surface area contributed by atoms with Gasteiger partial charge >= 0.3 is 0 Å². The zero-order chi connectivity index (χ0) is 35.3. The van der Waals surface area contributed by atoms with Gasteiger partial charge in [0.1, 0.15) is 0 Å². The van der Waals surface area contributed by atoms with Crippen molar-refractivity contribution in [2.45, 2.75) is 6.92 Å². The fourth-order valence-electron chi connectivity index (χ4n) is 8.42. The largest absolute Gasteiger partial charge is 0.310 e. The molecule has 2 atom stereocenters. The van der Waals surface area contributed by atoms with Gasteiger partial charge in [-0.3, -0.25) is 0 Å². The normalized spacial score (nSPS) is 16.5. The standard InChI is InChI=1S/C51H38N2/c1-35-32-41(33-40-14-8-9-17-46(35)40)38-22-28-44(29-23-38)52(43-26-20-37(21-27-43)36-12-4-2-5-13-36)45-30-24-39-25-31-48-47-18-10-11-19-50(47)53(51(48)49(39)34-45)42-15-6-3-7-16-42/h2-35,46H,1H3. The molecular formula is C51H38N2. The Morgan fingerprint density at radius 2 is 1.17 bits per heavy atom. The number of aromatic nitrogens is 1. The molecule has 2 aliphatic rings. The third-order valence-corrected chi connectivity index (χ3v) is 11.0. The van der Waals surface area contributed by atoms with Crippen molar-refractivity contribution in [3.8, 4) is 16.8 Å². The Balaban J connectivity index is 1.14. The number of rotatable bonds is 6. The van der Waals surface area contributed by atoms with Gasteiger partial charge in [0.2, 0.25) is 0 Å². The Morgan fingerprint density at radius 1 is 0.528 bits per heavy atom. The van der Waals surface area contributed by atoms with Gasteiger partial charge < -0.3 is 9.47 Å². The molecular weight excluding hydrogens is 641 g/mol. The van der Waals surface area contributed by atoms with Crippen molar-refractivity contribution in [3.05, 3.63) is 211 Å². The van der Waals surface area contributed by atoms with Crippen LogP contribution in [0.4, 0.5) is 17.1 Å². The summed E-state index contributed by atoms with van der Waals surface area (Å²) >= 11 is 0. The van der Waals surface area contributed by atoms with Gasteiger partial charge in [-0.25, -0.2) is 0 Å². The number of fused-ring (bicyclic) bond motifs is 6. The minimum absolute atomic E-state index is 0.450. The number of para-hydroxylation sites is 2. The number of anilines is 3. The fourth-order valence-corrected chi connectivity index (χ4v) is 8.42. The van der Waals surface area contributed by atoms with Crippen LogP contribution in [0.1, 0.15) is 12.5 Å². The molecule has 1 aromatic heterocycles. The first-order valence-corrected chi connectivity index (χ1v) is 18.6. The molecule has 0 amide bonds. The van der Waals surface area contributed by atoms with E-state index >= 15 is 0 Å². The van der Waals surface area contributed by atoms with Crippen molar-refractivity contribution < 1.29 is 0 Å². The topological polar surface area (TPSA) is 8.17 Å². The SMILES string of the molecule is CC1C=C(c2ccc(N(c3ccc(-c4ccccc4)cc3)c3ccc4ccc5c6ccccc6n(-c6ccccc6)c5c4c3)cc2)C=C2C=CC=CC21. The predicted molar refractivity (Wildman–Crippen MR) is 225 cm³/mol. The molecule has 0 N–H and O–H groups in total. The van der Waals surface area contributed by atoms with E-state index in [-0.39, 0.29) is 0 Å². The maximum atomic E-state index is 2.43. The highest BCUT2D eigenvalue weighted by atomic mass is 15.1. The second-order valence-corrected chi connectivity index (χ2v) is 14.2. The highest BCUT2D eigenvalue weighted by Gasteiger charge is 2.23. The average molecular weight is 679 g/mol. The Morgan fingerprint density at radius 3 is 1.94 bits per heavy atom. The first-order chi connectivity index (χ1) is 26.2. The van der Waals surface area contributed by atoms with Gasteiger partial charge in [-0.1, -0.05) is 153 Å². The zero-order valence-corrected chi connectivity index (χ0v) is 29.6. The fraction of sp³-hybridized carbons (Fsp3) is 0.0588. The van der Waals surface area contributed by atoms with E-state index in [0.717, 1.165) is 22.7 Å². The molecule has 252 valence electrons. The first kappa shape index (κ1) is 31.1. The van der Waals surface area contributed by atoms with E-state index in [1.54, 1.807) is 0 Å². The lowest BCUT2D eigenvalue weighted by Crippen LogP contribution is -2.14. The molecule has 0 fully saturated rings. The van der Waals surface area contributed by atoms with Gasteiger partial charge in [-0.2, -0.15) is 0 Å². The summed E-state index contributed by atoms with van der Waals surface area (Å²) in [6.45, 7) is 2.32. The van der Waals surface area contributed by atoms with Crippen LogP contribution >= 0.6 is 0 Å². The summed E-state index contributed by atoms with van der Waals surface area (Å²) < 4.78 is 2.43. The average Bonchev–Trinajstić information content (AvgIpc) is 3.57. The third-order valence-electron chi connectivity index (χ3n) is 11.0. The van der Waals surface area contributed by atoms with Crippen molar-refractivity contribution in [1.29, 1.82) is 0 Å². The van der Waals surface area contributed by atoms with E-state index in [2.05, 4.69) is 217 Å². The monoisotopic (exact) mass is 678 g/mol. The molecule has 0 spiro atoms. The summed E-state index contributed by atoms with van der Waals surface area (Å²) in [6.07, 6.45) is 13.7. The van der Waals surface area contributed by atoms with E-state index in [4.69, 9.17) is 0 Å². The summed E-state index contributed by atoms with van der Waals surface area (Å²) in [5.41, 5.74) is 13.3. The molecule has 0 saturated carbocycles. The molecule has 53 heavy (non-hydrogen) atoms. The van der Waals surface area contributed by atoms with Crippen LogP contribution in [-0.2, 0) is 0 Å². The van der Waals surface area contributed by atoms with Crippen LogP contribution in [0.15, 0.2) is 206 Å². The molecule has 2 nitrogen and oxygen atoms in total. The van der Waals surface area contributed by atoms with Crippen LogP contribution in [0.25, 0.3) is 55.0 Å². The van der Waals surface area contributed by atoms with Crippen molar-refractivity contribution in [1.82, 2.24) is 4.57 Å². The van der Waals surface area contributed by atoms with Crippen molar-refractivity contribution in [2.75, 3.05) is 4.90 Å². The molecule has 7 aromatic carbocycles. The number of hydrogen-bond donors (Lipinski definition) is 0. The zero-order valence-electron chi connectivity index (χ0n) is 29.6. The number of benzene rings is 7. The van der Waals surface area contributed by atoms with Gasteiger partial charge in [-0.05, 0) is 93.7 Å². The van der Waals surface area contributed by atoms with Gasteiger partial charge in [-0.15, -0.1) is 0 Å². The number of nitrogens with zero attached hydrogens (tertiary/aromatic N) is 2. The van der Waals surface area contributed by atoms with Crippen molar-refractivity contribution >= 4 is 55.2 Å². The summed E-state index contributed by atoms with van der Waals surface area (Å²) in [5.74, 6) is 0.906. The van der Waals surface area contributed by atoms with E-state index in [1.165, 1.54) is 60.4 Å². The Bertz CT molecular complexity index is 2760. The smallest absolute Gasteiger partial charge is 0.0620 e. The van der Waals surface area contributed by atoms with Gasteiger partial charge in [0.25, 0.3) is 0 Å². The van der Waals surface area contributed by atoms with E-state index in [1.807, 2.05) is 0 Å². The second-order valence-electron chi connectivity index (χ2n) is 14.2. The van der Waals surface area contributed by atoms with Crippen LogP contribution in [0.5, 0.6) is 0 Å². The maximum absolute atomic E-state index is 2.43. The summed E-state index contributed by atoms with van der Waals surface area (Å²) in [4.78, 5) is 2.40. The quantitative estimate of drug-likeness (QED) is 0.170. The van der Waals surface area contributed by atoms with Crippen LogP contribution in [0, 0.1) is 11.8 Å². The molecule has 2 unspecified atom stereocenters.